The zero-order valence-electron chi connectivity index (χ0n) is 13.2. The first-order valence-electron chi connectivity index (χ1n) is 6.97. The van der Waals surface area contributed by atoms with Crippen molar-refractivity contribution in [2.75, 3.05) is 14.2 Å². The lowest BCUT2D eigenvalue weighted by Gasteiger charge is -2.09. The molecule has 1 aromatic carbocycles. The van der Waals surface area contributed by atoms with Gasteiger partial charge in [-0.15, -0.1) is 10.2 Å². The van der Waals surface area contributed by atoms with Gasteiger partial charge in [-0.2, -0.15) is 0 Å². The van der Waals surface area contributed by atoms with Crippen LogP contribution in [0.25, 0.3) is 0 Å². The summed E-state index contributed by atoms with van der Waals surface area (Å²) >= 11 is 1.46. The molecule has 120 valence electrons. The van der Waals surface area contributed by atoms with Crippen LogP contribution in [0.1, 0.15) is 31.3 Å². The number of thioether (sulfide) groups is 1. The van der Waals surface area contributed by atoms with Crippen LogP contribution in [0.2, 0.25) is 0 Å². The molecule has 22 heavy (non-hydrogen) atoms. The van der Waals surface area contributed by atoms with Crippen molar-refractivity contribution in [1.82, 2.24) is 10.2 Å². The summed E-state index contributed by atoms with van der Waals surface area (Å²) in [5.41, 5.74) is 7.07. The van der Waals surface area contributed by atoms with Crippen LogP contribution < -0.4 is 15.2 Å². The zero-order valence-corrected chi connectivity index (χ0v) is 14.0. The smallest absolute Gasteiger partial charge is 0.276 e. The molecule has 1 atom stereocenters. The van der Waals surface area contributed by atoms with Crippen molar-refractivity contribution >= 4 is 11.8 Å². The number of ether oxygens (including phenoxy) is 2. The fourth-order valence-corrected chi connectivity index (χ4v) is 2.53. The van der Waals surface area contributed by atoms with Gasteiger partial charge in [-0.3, -0.25) is 0 Å². The van der Waals surface area contributed by atoms with E-state index in [2.05, 4.69) is 10.2 Å². The van der Waals surface area contributed by atoms with Crippen LogP contribution in [-0.4, -0.2) is 24.4 Å². The fourth-order valence-electron chi connectivity index (χ4n) is 1.81. The summed E-state index contributed by atoms with van der Waals surface area (Å²) in [5, 5.41) is 8.54. The predicted octanol–water partition coefficient (Wildman–Crippen LogP) is 3.03. The average Bonchev–Trinajstić information content (AvgIpc) is 3.00. The Morgan fingerprint density at radius 3 is 2.55 bits per heavy atom. The van der Waals surface area contributed by atoms with E-state index in [0.29, 0.717) is 28.4 Å². The molecule has 6 nitrogen and oxygen atoms in total. The van der Waals surface area contributed by atoms with Crippen LogP contribution in [-0.2, 0) is 5.75 Å². The summed E-state index contributed by atoms with van der Waals surface area (Å²) in [6.07, 6.45) is 0. The molecule has 2 aromatic rings. The molecule has 0 amide bonds. The van der Waals surface area contributed by atoms with Gasteiger partial charge in [-0.1, -0.05) is 31.7 Å². The minimum absolute atomic E-state index is 0.233. The topological polar surface area (TPSA) is 83.4 Å². The lowest BCUT2D eigenvalue weighted by Crippen LogP contribution is -2.16. The van der Waals surface area contributed by atoms with E-state index in [1.54, 1.807) is 14.2 Å². The maximum Gasteiger partial charge on any atom is 0.276 e. The van der Waals surface area contributed by atoms with Gasteiger partial charge in [-0.05, 0) is 23.6 Å². The monoisotopic (exact) mass is 323 g/mol. The van der Waals surface area contributed by atoms with Gasteiger partial charge in [-0.25, -0.2) is 0 Å². The molecule has 2 N–H and O–H groups in total. The van der Waals surface area contributed by atoms with Gasteiger partial charge < -0.3 is 19.6 Å². The van der Waals surface area contributed by atoms with Crippen LogP contribution >= 0.6 is 11.8 Å². The van der Waals surface area contributed by atoms with Gasteiger partial charge in [0.25, 0.3) is 5.22 Å². The molecule has 0 saturated heterocycles. The van der Waals surface area contributed by atoms with Gasteiger partial charge in [0.2, 0.25) is 5.89 Å². The molecule has 1 heterocycles. The number of aromatic nitrogens is 2. The van der Waals surface area contributed by atoms with Gasteiger partial charge in [0.1, 0.15) is 0 Å². The van der Waals surface area contributed by atoms with Crippen LogP contribution in [0.15, 0.2) is 27.8 Å². The number of hydrogen-bond donors (Lipinski definition) is 1. The second kappa shape index (κ2) is 7.51. The molecule has 2 rings (SSSR count). The Bertz CT molecular complexity index is 616. The molecule has 1 aromatic heterocycles. The molecule has 0 aliphatic rings. The number of methoxy groups -OCH3 is 2. The molecule has 0 aliphatic carbocycles. The number of rotatable bonds is 7. The number of nitrogens with two attached hydrogens (primary N) is 1. The van der Waals surface area contributed by atoms with E-state index in [1.165, 1.54) is 11.8 Å². The van der Waals surface area contributed by atoms with E-state index in [1.807, 2.05) is 32.0 Å². The molecule has 0 bridgehead atoms. The molecule has 0 saturated carbocycles. The Morgan fingerprint density at radius 1 is 1.18 bits per heavy atom. The van der Waals surface area contributed by atoms with Crippen molar-refractivity contribution in [3.63, 3.8) is 0 Å². The Balaban J connectivity index is 2.01. The Hall–Kier alpha value is -1.73. The standard InChI is InChI=1S/C15H21N3O3S/c1-9(2)13(16)14-17-18-15(21-14)22-8-10-5-6-11(19-3)12(7-10)20-4/h5-7,9,13H,8,16H2,1-4H3/t13-/m0/s1. The largest absolute Gasteiger partial charge is 0.493 e. The van der Waals surface area contributed by atoms with E-state index < -0.39 is 0 Å². The van der Waals surface area contributed by atoms with Gasteiger partial charge in [0, 0.05) is 5.75 Å². The first-order valence-corrected chi connectivity index (χ1v) is 7.96. The number of nitrogens with zero attached hydrogens (tertiary/aromatic N) is 2. The van der Waals surface area contributed by atoms with E-state index in [4.69, 9.17) is 19.6 Å². The number of benzene rings is 1. The summed E-state index contributed by atoms with van der Waals surface area (Å²) < 4.78 is 16.1. The summed E-state index contributed by atoms with van der Waals surface area (Å²) in [6, 6.07) is 5.56. The van der Waals surface area contributed by atoms with Crippen molar-refractivity contribution < 1.29 is 13.9 Å². The summed E-state index contributed by atoms with van der Waals surface area (Å²) in [4.78, 5) is 0. The van der Waals surface area contributed by atoms with Gasteiger partial charge in [0.05, 0.1) is 20.3 Å². The SMILES string of the molecule is COc1ccc(CSc2nnc([C@@H](N)C(C)C)o2)cc1OC. The first kappa shape index (κ1) is 16.6. The predicted molar refractivity (Wildman–Crippen MR) is 85.2 cm³/mol. The molecule has 0 unspecified atom stereocenters. The Morgan fingerprint density at radius 2 is 1.91 bits per heavy atom. The highest BCUT2D eigenvalue weighted by molar-refractivity contribution is 7.98. The second-order valence-corrected chi connectivity index (χ2v) is 6.08. The van der Waals surface area contributed by atoms with Crippen molar-refractivity contribution in [1.29, 1.82) is 0 Å². The van der Waals surface area contributed by atoms with Crippen LogP contribution in [0, 0.1) is 5.92 Å². The number of hydrogen-bond acceptors (Lipinski definition) is 7. The fraction of sp³-hybridized carbons (Fsp3) is 0.467. The second-order valence-electron chi connectivity index (χ2n) is 5.15. The van der Waals surface area contributed by atoms with Crippen molar-refractivity contribution in [2.45, 2.75) is 30.9 Å². The summed E-state index contributed by atoms with van der Waals surface area (Å²) in [5.74, 6) is 2.83. The molecule has 0 spiro atoms. The van der Waals surface area contributed by atoms with Crippen molar-refractivity contribution in [3.05, 3.63) is 29.7 Å². The van der Waals surface area contributed by atoms with Crippen molar-refractivity contribution in [2.24, 2.45) is 11.7 Å². The van der Waals surface area contributed by atoms with Crippen LogP contribution in [0.4, 0.5) is 0 Å². The Labute approximate surface area is 134 Å². The lowest BCUT2D eigenvalue weighted by atomic mass is 10.1. The van der Waals surface area contributed by atoms with Crippen LogP contribution in [0.5, 0.6) is 11.5 Å². The van der Waals surface area contributed by atoms with E-state index in [-0.39, 0.29) is 12.0 Å². The van der Waals surface area contributed by atoms with E-state index in [0.717, 1.165) is 5.56 Å². The molecule has 0 radical (unpaired) electrons. The molecule has 7 heteroatoms. The maximum atomic E-state index is 5.99. The molecular weight excluding hydrogens is 302 g/mol. The van der Waals surface area contributed by atoms with E-state index in [9.17, 15) is 0 Å². The highest BCUT2D eigenvalue weighted by Gasteiger charge is 2.18. The van der Waals surface area contributed by atoms with Crippen LogP contribution in [0.3, 0.4) is 0 Å². The highest BCUT2D eigenvalue weighted by Crippen LogP contribution is 2.31. The zero-order chi connectivity index (χ0) is 16.1. The third kappa shape index (κ3) is 3.92. The Kier molecular flexibility index (Phi) is 5.68. The third-order valence-corrected chi connectivity index (χ3v) is 4.13. The third-order valence-electron chi connectivity index (χ3n) is 3.24. The van der Waals surface area contributed by atoms with Gasteiger partial charge in [0.15, 0.2) is 11.5 Å². The summed E-state index contributed by atoms with van der Waals surface area (Å²) in [7, 11) is 3.23. The maximum absolute atomic E-state index is 5.99. The van der Waals surface area contributed by atoms with Gasteiger partial charge >= 0.3 is 0 Å². The van der Waals surface area contributed by atoms with Crippen molar-refractivity contribution in [3.8, 4) is 11.5 Å². The first-order chi connectivity index (χ1) is 10.5. The van der Waals surface area contributed by atoms with E-state index >= 15 is 0 Å². The molecular formula is C15H21N3O3S. The molecule has 0 fully saturated rings. The molecule has 0 aliphatic heterocycles. The minimum atomic E-state index is -0.233. The average molecular weight is 323 g/mol. The quantitative estimate of drug-likeness (QED) is 0.784. The minimum Gasteiger partial charge on any atom is -0.493 e. The highest BCUT2D eigenvalue weighted by atomic mass is 32.2. The summed E-state index contributed by atoms with van der Waals surface area (Å²) in [6.45, 7) is 4.04. The normalized spacial score (nSPS) is 12.5. The lowest BCUT2D eigenvalue weighted by molar-refractivity contribution is 0.349.